The van der Waals surface area contributed by atoms with E-state index in [0.717, 1.165) is 19.3 Å². The summed E-state index contributed by atoms with van der Waals surface area (Å²) in [5.41, 5.74) is 2.18. The Balaban J connectivity index is 1.52. The molecule has 1 aromatic carbocycles. The fourth-order valence-corrected chi connectivity index (χ4v) is 5.57. The van der Waals surface area contributed by atoms with Crippen LogP contribution in [0.2, 0.25) is 0 Å². The molecular formula is C25H28FN7O3S. The predicted molar refractivity (Wildman–Crippen MR) is 137 cm³/mol. The summed E-state index contributed by atoms with van der Waals surface area (Å²) in [5, 5.41) is 3.15. The van der Waals surface area contributed by atoms with Crippen LogP contribution in [0.1, 0.15) is 46.3 Å². The molecule has 1 aliphatic rings. The van der Waals surface area contributed by atoms with Crippen molar-refractivity contribution in [3.05, 3.63) is 54.9 Å². The van der Waals surface area contributed by atoms with Crippen LogP contribution in [0.15, 0.2) is 53.8 Å². The molecule has 2 N–H and O–H groups in total. The van der Waals surface area contributed by atoms with Crippen LogP contribution in [0.3, 0.4) is 0 Å². The fraction of sp³-hybridized carbons (Fsp3) is 0.360. The third kappa shape index (κ3) is 5.60. The number of pyridine rings is 1. The van der Waals surface area contributed by atoms with Gasteiger partial charge in [-0.2, -0.15) is 9.37 Å². The maximum Gasteiger partial charge on any atom is 0.241 e. The van der Waals surface area contributed by atoms with Crippen LogP contribution in [-0.4, -0.2) is 45.1 Å². The Hall–Kier alpha value is -3.48. The van der Waals surface area contributed by atoms with Crippen molar-refractivity contribution in [3.8, 4) is 11.3 Å². The number of hydrogen-bond donors (Lipinski definition) is 2. The molecule has 37 heavy (non-hydrogen) atoms. The van der Waals surface area contributed by atoms with Crippen LogP contribution in [0, 0.1) is 5.95 Å². The Bertz CT molecular complexity index is 1510. The van der Waals surface area contributed by atoms with Crippen molar-refractivity contribution in [2.75, 3.05) is 11.9 Å². The number of imidazole rings is 1. The number of nitrogens with one attached hydrogen (secondary N) is 2. The molecule has 12 heteroatoms. The van der Waals surface area contributed by atoms with Gasteiger partial charge in [0.1, 0.15) is 17.4 Å². The van der Waals surface area contributed by atoms with Crippen molar-refractivity contribution in [2.45, 2.75) is 56.7 Å². The zero-order chi connectivity index (χ0) is 26.2. The van der Waals surface area contributed by atoms with E-state index in [-0.39, 0.29) is 17.1 Å². The number of aromatic nitrogens is 5. The van der Waals surface area contributed by atoms with Gasteiger partial charge in [-0.3, -0.25) is 4.57 Å². The van der Waals surface area contributed by atoms with Gasteiger partial charge in [-0.05, 0) is 76.4 Å². The topological polar surface area (TPSA) is 124 Å². The number of anilines is 2. The summed E-state index contributed by atoms with van der Waals surface area (Å²) >= 11 is 0. The van der Waals surface area contributed by atoms with Crippen LogP contribution in [0.5, 0.6) is 0 Å². The Morgan fingerprint density at radius 2 is 1.84 bits per heavy atom. The quantitative estimate of drug-likeness (QED) is 0.352. The standard InChI is InChI=1S/C25H28FN7O3S/c1-25(2,3)32-37(34,35)18-10-8-17(9-11-18)29-24-30-21(16-7-12-19(26)27-14-16)22-23(31-24)33(15-28-22)20-6-4-5-13-36-20/h7-12,14-15,20,32H,4-6,13H2,1-3H3,(H,29,30,31). The molecule has 1 aliphatic heterocycles. The van der Waals surface area contributed by atoms with Gasteiger partial charge < -0.3 is 10.1 Å². The van der Waals surface area contributed by atoms with E-state index in [1.54, 1.807) is 45.3 Å². The first kappa shape index (κ1) is 25.2. The predicted octanol–water partition coefficient (Wildman–Crippen LogP) is 4.55. The molecule has 3 aromatic heterocycles. The molecule has 1 fully saturated rings. The summed E-state index contributed by atoms with van der Waals surface area (Å²) in [5.74, 6) is -0.322. The second-order valence-corrected chi connectivity index (χ2v) is 11.6. The van der Waals surface area contributed by atoms with Gasteiger partial charge in [-0.25, -0.2) is 28.1 Å². The third-order valence-electron chi connectivity index (χ3n) is 5.75. The Morgan fingerprint density at radius 3 is 2.49 bits per heavy atom. The number of nitrogens with zero attached hydrogens (tertiary/aromatic N) is 5. The summed E-state index contributed by atoms with van der Waals surface area (Å²) in [4.78, 5) is 17.8. The van der Waals surface area contributed by atoms with Gasteiger partial charge in [-0.1, -0.05) is 0 Å². The van der Waals surface area contributed by atoms with Crippen molar-refractivity contribution in [1.82, 2.24) is 29.2 Å². The molecular weight excluding hydrogens is 497 g/mol. The molecule has 4 aromatic rings. The number of ether oxygens (including phenoxy) is 1. The molecule has 1 unspecified atom stereocenters. The van der Waals surface area contributed by atoms with Crippen molar-refractivity contribution < 1.29 is 17.5 Å². The molecule has 4 heterocycles. The van der Waals surface area contributed by atoms with E-state index in [2.05, 4.69) is 25.0 Å². The summed E-state index contributed by atoms with van der Waals surface area (Å²) in [6.07, 6.45) is 5.77. The lowest BCUT2D eigenvalue weighted by Gasteiger charge is -2.24. The lowest BCUT2D eigenvalue weighted by molar-refractivity contribution is -0.0298. The first-order chi connectivity index (χ1) is 17.6. The minimum absolute atomic E-state index is 0.148. The van der Waals surface area contributed by atoms with Gasteiger partial charge in [0.2, 0.25) is 21.9 Å². The van der Waals surface area contributed by atoms with E-state index in [0.29, 0.717) is 34.7 Å². The Morgan fingerprint density at radius 1 is 1.05 bits per heavy atom. The number of hydrogen-bond acceptors (Lipinski definition) is 8. The highest BCUT2D eigenvalue weighted by atomic mass is 32.2. The largest absolute Gasteiger partial charge is 0.358 e. The third-order valence-corrected chi connectivity index (χ3v) is 7.52. The van der Waals surface area contributed by atoms with E-state index < -0.39 is 21.5 Å². The average molecular weight is 526 g/mol. The molecule has 0 amide bonds. The summed E-state index contributed by atoms with van der Waals surface area (Å²) in [6.45, 7) is 6.01. The van der Waals surface area contributed by atoms with Crippen LogP contribution >= 0.6 is 0 Å². The van der Waals surface area contributed by atoms with Gasteiger partial charge in [0.05, 0.1) is 11.2 Å². The van der Waals surface area contributed by atoms with Crippen LogP contribution in [-0.2, 0) is 14.8 Å². The molecule has 10 nitrogen and oxygen atoms in total. The minimum Gasteiger partial charge on any atom is -0.358 e. The van der Waals surface area contributed by atoms with Gasteiger partial charge in [-0.15, -0.1) is 0 Å². The lowest BCUT2D eigenvalue weighted by Crippen LogP contribution is -2.40. The molecule has 0 spiro atoms. The molecule has 5 rings (SSSR count). The van der Waals surface area contributed by atoms with Crippen molar-refractivity contribution in [3.63, 3.8) is 0 Å². The molecule has 0 radical (unpaired) electrons. The molecule has 0 aliphatic carbocycles. The van der Waals surface area contributed by atoms with E-state index in [9.17, 15) is 12.8 Å². The number of halogens is 1. The minimum atomic E-state index is -3.67. The van der Waals surface area contributed by atoms with Gasteiger partial charge in [0, 0.05) is 29.6 Å². The van der Waals surface area contributed by atoms with Crippen LogP contribution in [0.25, 0.3) is 22.4 Å². The number of sulfonamides is 1. The highest BCUT2D eigenvalue weighted by molar-refractivity contribution is 7.89. The highest BCUT2D eigenvalue weighted by Crippen LogP contribution is 2.31. The maximum absolute atomic E-state index is 13.5. The van der Waals surface area contributed by atoms with Crippen molar-refractivity contribution >= 4 is 32.8 Å². The van der Waals surface area contributed by atoms with Crippen molar-refractivity contribution in [2.24, 2.45) is 0 Å². The monoisotopic (exact) mass is 525 g/mol. The normalized spacial score (nSPS) is 16.7. The average Bonchev–Trinajstić information content (AvgIpc) is 3.27. The zero-order valence-electron chi connectivity index (χ0n) is 20.8. The molecule has 194 valence electrons. The molecule has 1 atom stereocenters. The molecule has 0 bridgehead atoms. The van der Waals surface area contributed by atoms with Gasteiger partial charge in [0.25, 0.3) is 0 Å². The van der Waals surface area contributed by atoms with Gasteiger partial charge in [0.15, 0.2) is 5.65 Å². The van der Waals surface area contributed by atoms with E-state index >= 15 is 0 Å². The first-order valence-electron chi connectivity index (χ1n) is 12.0. The second kappa shape index (κ2) is 9.77. The summed E-state index contributed by atoms with van der Waals surface area (Å²) < 4.78 is 49.2. The molecule has 1 saturated heterocycles. The van der Waals surface area contributed by atoms with E-state index in [1.807, 2.05) is 4.57 Å². The number of rotatable bonds is 6. The highest BCUT2D eigenvalue weighted by Gasteiger charge is 2.23. The van der Waals surface area contributed by atoms with Crippen LogP contribution in [0.4, 0.5) is 16.0 Å². The van der Waals surface area contributed by atoms with Crippen LogP contribution < -0.4 is 10.0 Å². The maximum atomic E-state index is 13.5. The zero-order valence-corrected chi connectivity index (χ0v) is 21.6. The van der Waals surface area contributed by atoms with E-state index in [1.165, 1.54) is 24.4 Å². The fourth-order valence-electron chi connectivity index (χ4n) is 4.15. The SMILES string of the molecule is CC(C)(C)NS(=O)(=O)c1ccc(Nc2nc(-c3ccc(F)nc3)c3ncn(C4CCCCO4)c3n2)cc1. The number of fused-ring (bicyclic) bond motifs is 1. The lowest BCUT2D eigenvalue weighted by atomic mass is 10.1. The molecule has 0 saturated carbocycles. The summed E-state index contributed by atoms with van der Waals surface area (Å²) in [7, 11) is -3.67. The van der Waals surface area contributed by atoms with Gasteiger partial charge >= 0.3 is 0 Å². The smallest absolute Gasteiger partial charge is 0.241 e. The van der Waals surface area contributed by atoms with Crippen molar-refractivity contribution in [1.29, 1.82) is 0 Å². The number of benzene rings is 1. The summed E-state index contributed by atoms with van der Waals surface area (Å²) in [6, 6.07) is 9.17. The van der Waals surface area contributed by atoms with E-state index in [4.69, 9.17) is 9.72 Å². The Labute approximate surface area is 214 Å². The second-order valence-electron chi connectivity index (χ2n) is 9.92. The Kier molecular flexibility index (Phi) is 6.65. The first-order valence-corrected chi connectivity index (χ1v) is 13.5.